The van der Waals surface area contributed by atoms with Gasteiger partial charge in [-0.25, -0.2) is 8.42 Å². The molecular formula is C21H27N3O4S2. The smallest absolute Gasteiger partial charge is 0.252 e. The Bertz CT molecular complexity index is 986. The maximum atomic E-state index is 12.6. The van der Waals surface area contributed by atoms with Gasteiger partial charge < -0.3 is 10.6 Å². The molecule has 0 radical (unpaired) electrons. The Morgan fingerprint density at radius 2 is 1.70 bits per heavy atom. The van der Waals surface area contributed by atoms with E-state index in [1.165, 1.54) is 15.6 Å². The van der Waals surface area contributed by atoms with Crippen LogP contribution in [-0.2, 0) is 14.8 Å². The van der Waals surface area contributed by atoms with Gasteiger partial charge in [0.25, 0.3) is 15.9 Å². The summed E-state index contributed by atoms with van der Waals surface area (Å²) in [7, 11) is -3.47. The van der Waals surface area contributed by atoms with Crippen LogP contribution >= 0.6 is 11.3 Å². The number of thiophene rings is 1. The second-order valence-corrected chi connectivity index (χ2v) is 11.5. The van der Waals surface area contributed by atoms with Gasteiger partial charge >= 0.3 is 0 Å². The van der Waals surface area contributed by atoms with Gasteiger partial charge in [-0.15, -0.1) is 11.3 Å². The number of hydrogen-bond acceptors (Lipinski definition) is 5. The number of sulfonamides is 1. The molecule has 7 nitrogen and oxygen atoms in total. The second-order valence-electron chi connectivity index (χ2n) is 8.38. The molecule has 2 N–H and O–H groups in total. The molecule has 0 spiro atoms. The predicted octanol–water partition coefficient (Wildman–Crippen LogP) is 3.32. The summed E-state index contributed by atoms with van der Waals surface area (Å²) >= 11 is 1.20. The summed E-state index contributed by atoms with van der Waals surface area (Å²) in [6, 6.07) is 10.1. The highest BCUT2D eigenvalue weighted by atomic mass is 32.2. The zero-order valence-corrected chi connectivity index (χ0v) is 19.0. The lowest BCUT2D eigenvalue weighted by Crippen LogP contribution is -2.41. The number of nitrogens with zero attached hydrogens (tertiary/aromatic N) is 1. The molecule has 3 rings (SSSR count). The molecule has 1 fully saturated rings. The normalized spacial score (nSPS) is 16.2. The number of piperidine rings is 1. The third kappa shape index (κ3) is 5.47. The molecule has 1 saturated heterocycles. The summed E-state index contributed by atoms with van der Waals surface area (Å²) < 4.78 is 27.0. The molecule has 2 aromatic rings. The fraction of sp³-hybridized carbons (Fsp3) is 0.429. The van der Waals surface area contributed by atoms with Crippen LogP contribution in [0.25, 0.3) is 0 Å². The van der Waals surface area contributed by atoms with Crippen molar-refractivity contribution in [1.29, 1.82) is 0 Å². The van der Waals surface area contributed by atoms with Crippen molar-refractivity contribution in [3.63, 3.8) is 0 Å². The summed E-state index contributed by atoms with van der Waals surface area (Å²) in [4.78, 5) is 24.8. The number of carbonyl (C=O) groups excluding carboxylic acids is 2. The number of anilines is 1. The van der Waals surface area contributed by atoms with E-state index in [-0.39, 0.29) is 23.3 Å². The van der Waals surface area contributed by atoms with Gasteiger partial charge in [0.15, 0.2) is 0 Å². The first-order valence-electron chi connectivity index (χ1n) is 9.83. The van der Waals surface area contributed by atoms with Crippen LogP contribution in [0.15, 0.2) is 46.0 Å². The lowest BCUT2D eigenvalue weighted by atomic mass is 9.97. The molecule has 0 aliphatic carbocycles. The quantitative estimate of drug-likeness (QED) is 0.732. The summed E-state index contributed by atoms with van der Waals surface area (Å²) in [5.74, 6) is -0.543. The zero-order chi connectivity index (χ0) is 21.9. The molecule has 1 aliphatic rings. The first-order chi connectivity index (χ1) is 14.1. The minimum atomic E-state index is -3.47. The molecule has 162 valence electrons. The number of carbonyl (C=O) groups is 2. The van der Waals surface area contributed by atoms with Crippen LogP contribution in [-0.4, -0.2) is 43.2 Å². The van der Waals surface area contributed by atoms with Crippen molar-refractivity contribution in [3.05, 3.63) is 47.3 Å². The van der Waals surface area contributed by atoms with Crippen molar-refractivity contribution in [2.45, 2.75) is 43.4 Å². The van der Waals surface area contributed by atoms with Crippen molar-refractivity contribution in [2.24, 2.45) is 5.92 Å². The second kappa shape index (κ2) is 8.87. The van der Waals surface area contributed by atoms with Crippen LogP contribution in [0.4, 0.5) is 5.69 Å². The van der Waals surface area contributed by atoms with E-state index in [0.29, 0.717) is 41.4 Å². The van der Waals surface area contributed by atoms with Crippen LogP contribution in [0.2, 0.25) is 0 Å². The van der Waals surface area contributed by atoms with E-state index in [1.54, 1.807) is 41.8 Å². The molecule has 2 amide bonds. The van der Waals surface area contributed by atoms with E-state index in [2.05, 4.69) is 10.6 Å². The van der Waals surface area contributed by atoms with E-state index in [0.717, 1.165) is 0 Å². The lowest BCUT2D eigenvalue weighted by molar-refractivity contribution is -0.120. The SMILES string of the molecule is CC(C)(C)NC(=O)c1ccc(NC(=O)C2CCN(S(=O)(=O)c3cccs3)CC2)cc1. The lowest BCUT2D eigenvalue weighted by Gasteiger charge is -2.30. The van der Waals surface area contributed by atoms with Gasteiger partial charge in [-0.3, -0.25) is 9.59 Å². The van der Waals surface area contributed by atoms with Gasteiger partial charge in [-0.2, -0.15) is 4.31 Å². The van der Waals surface area contributed by atoms with Crippen LogP contribution in [0.1, 0.15) is 44.0 Å². The van der Waals surface area contributed by atoms with Gasteiger partial charge in [0.1, 0.15) is 4.21 Å². The largest absolute Gasteiger partial charge is 0.347 e. The van der Waals surface area contributed by atoms with Gasteiger partial charge in [0, 0.05) is 35.8 Å². The number of benzene rings is 1. The van der Waals surface area contributed by atoms with Crippen LogP contribution < -0.4 is 10.6 Å². The van der Waals surface area contributed by atoms with Crippen molar-refractivity contribution in [1.82, 2.24) is 9.62 Å². The highest BCUT2D eigenvalue weighted by Crippen LogP contribution is 2.27. The maximum absolute atomic E-state index is 12.6. The average molecular weight is 450 g/mol. The maximum Gasteiger partial charge on any atom is 0.252 e. The monoisotopic (exact) mass is 449 g/mol. The Balaban J connectivity index is 1.54. The molecule has 2 heterocycles. The first-order valence-corrected chi connectivity index (χ1v) is 12.2. The van der Waals surface area contributed by atoms with Gasteiger partial charge in [-0.1, -0.05) is 6.07 Å². The third-order valence-corrected chi connectivity index (χ3v) is 8.09. The van der Waals surface area contributed by atoms with Gasteiger partial charge in [0.2, 0.25) is 5.91 Å². The van der Waals surface area contributed by atoms with Crippen LogP contribution in [0, 0.1) is 5.92 Å². The number of rotatable bonds is 5. The first kappa shape index (κ1) is 22.5. The Morgan fingerprint density at radius 1 is 1.07 bits per heavy atom. The zero-order valence-electron chi connectivity index (χ0n) is 17.3. The molecule has 1 aromatic carbocycles. The number of hydrogen-bond donors (Lipinski definition) is 2. The molecule has 0 saturated carbocycles. The molecular weight excluding hydrogens is 422 g/mol. The highest BCUT2D eigenvalue weighted by molar-refractivity contribution is 7.91. The number of amides is 2. The van der Waals surface area contributed by atoms with E-state index in [4.69, 9.17) is 0 Å². The van der Waals surface area contributed by atoms with Crippen molar-refractivity contribution in [3.8, 4) is 0 Å². The molecule has 0 atom stereocenters. The topological polar surface area (TPSA) is 95.6 Å². The predicted molar refractivity (Wildman–Crippen MR) is 118 cm³/mol. The summed E-state index contributed by atoms with van der Waals surface area (Å²) in [5.41, 5.74) is 0.812. The standard InChI is InChI=1S/C21H27N3O4S2/c1-21(2,3)23-20(26)15-6-8-17(9-7-15)22-19(25)16-10-12-24(13-11-16)30(27,28)18-5-4-14-29-18/h4-9,14,16H,10-13H2,1-3H3,(H,22,25)(H,23,26). The van der Waals surface area contributed by atoms with Crippen molar-refractivity contribution >= 4 is 38.9 Å². The Hall–Kier alpha value is -2.23. The van der Waals surface area contributed by atoms with Crippen molar-refractivity contribution in [2.75, 3.05) is 18.4 Å². The van der Waals surface area contributed by atoms with E-state index in [9.17, 15) is 18.0 Å². The van der Waals surface area contributed by atoms with E-state index < -0.39 is 10.0 Å². The minimum Gasteiger partial charge on any atom is -0.347 e. The van der Waals surface area contributed by atoms with Crippen molar-refractivity contribution < 1.29 is 18.0 Å². The van der Waals surface area contributed by atoms with Crippen LogP contribution in [0.3, 0.4) is 0 Å². The molecule has 0 unspecified atom stereocenters. The summed E-state index contributed by atoms with van der Waals surface area (Å²) in [6.45, 7) is 6.39. The summed E-state index contributed by atoms with van der Waals surface area (Å²) in [5, 5.41) is 7.51. The Morgan fingerprint density at radius 3 is 2.23 bits per heavy atom. The van der Waals surface area contributed by atoms with Crippen LogP contribution in [0.5, 0.6) is 0 Å². The average Bonchev–Trinajstić information content (AvgIpc) is 3.23. The summed E-state index contributed by atoms with van der Waals surface area (Å²) in [6.07, 6.45) is 0.949. The molecule has 1 aromatic heterocycles. The molecule has 1 aliphatic heterocycles. The third-order valence-electron chi connectivity index (χ3n) is 4.82. The van der Waals surface area contributed by atoms with Gasteiger partial charge in [-0.05, 0) is 69.3 Å². The number of nitrogens with one attached hydrogen (secondary N) is 2. The van der Waals surface area contributed by atoms with E-state index in [1.807, 2.05) is 20.8 Å². The molecule has 30 heavy (non-hydrogen) atoms. The minimum absolute atomic E-state index is 0.130. The Labute approximate surface area is 181 Å². The fourth-order valence-corrected chi connectivity index (χ4v) is 5.87. The molecule has 0 bridgehead atoms. The highest BCUT2D eigenvalue weighted by Gasteiger charge is 2.32. The van der Waals surface area contributed by atoms with Gasteiger partial charge in [0.05, 0.1) is 0 Å². The Kier molecular flexibility index (Phi) is 6.64. The fourth-order valence-electron chi connectivity index (χ4n) is 3.26. The molecule has 9 heteroatoms. The van der Waals surface area contributed by atoms with E-state index >= 15 is 0 Å².